The predicted octanol–water partition coefficient (Wildman–Crippen LogP) is 16.3. The van der Waals surface area contributed by atoms with Crippen molar-refractivity contribution in [3.05, 3.63) is 197 Å². The number of urea groups is 6. The zero-order valence-electron chi connectivity index (χ0n) is 86.7. The number of carbonyl (C=O) groups excluding carboxylic acids is 19. The predicted molar refractivity (Wildman–Crippen MR) is 542 cm³/mol. The molecule has 19 amide bonds. The molecule has 2 N–H and O–H groups in total. The highest BCUT2D eigenvalue weighted by Gasteiger charge is 2.65. The summed E-state index contributed by atoms with van der Waals surface area (Å²) >= 11 is 0. The maximum absolute atomic E-state index is 13.3. The van der Waals surface area contributed by atoms with Crippen LogP contribution < -0.4 is 0 Å². The molecule has 8 aliphatic carbocycles. The normalized spacial score (nSPS) is 28.5. The van der Waals surface area contributed by atoms with Gasteiger partial charge in [-0.3, -0.25) is 102 Å². The van der Waals surface area contributed by atoms with Crippen LogP contribution in [0.5, 0.6) is 0 Å². The van der Waals surface area contributed by atoms with Gasteiger partial charge in [0.15, 0.2) is 34.7 Å². The van der Waals surface area contributed by atoms with Crippen LogP contribution in [0.25, 0.3) is 0 Å². The van der Waals surface area contributed by atoms with Crippen molar-refractivity contribution in [1.29, 1.82) is 0 Å². The van der Waals surface area contributed by atoms with Gasteiger partial charge in [-0.05, 0) is 220 Å². The van der Waals surface area contributed by atoms with Crippen LogP contribution in [0, 0.1) is 58.7 Å². The number of fused-ring (bicyclic) bond motifs is 3. The minimum Gasteiger partial charge on any atom is -0.359 e. The number of barbiturate groups is 1. The third-order valence-corrected chi connectivity index (χ3v) is 34.9. The third kappa shape index (κ3) is 20.5. The van der Waals surface area contributed by atoms with Gasteiger partial charge in [-0.1, -0.05) is 188 Å². The lowest BCUT2D eigenvalue weighted by Crippen LogP contribution is -2.64. The molecule has 14 aliphatic rings. The lowest BCUT2D eigenvalue weighted by Gasteiger charge is -2.49. The topological polar surface area (TPSA) is 408 Å². The fourth-order valence-electron chi connectivity index (χ4n) is 25.2. The van der Waals surface area contributed by atoms with Gasteiger partial charge in [-0.15, -0.1) is 0 Å². The minimum absolute atomic E-state index is 0.148. The first-order chi connectivity index (χ1) is 69.4. The molecule has 10 unspecified atom stereocenters. The molecule has 34 nitrogen and oxygen atoms in total. The zero-order chi connectivity index (χ0) is 106. The Morgan fingerprint density at radius 1 is 0.322 bits per heavy atom. The summed E-state index contributed by atoms with van der Waals surface area (Å²) in [6.45, 7) is 13.8. The van der Waals surface area contributed by atoms with Gasteiger partial charge >= 0.3 is 36.2 Å². The number of aromatic nitrogens is 3. The second-order valence-corrected chi connectivity index (χ2v) is 42.9. The SMILES string of the molecule is CC1CCCC1C1(C)C(=O)N(CC(=O)c2ccc[nH]2)C(=O)N1C.CC1CCCC1C1(C)C(=O)N(CC(=O)c2ccccc2)C(=O)N1C.CN1C(=O)N(CC(=O)c2ccc[nH]2)C(=O)C1(C)C1CCCCC1.CN1C(=O)N(CC(=O)c2ccccc2)C(=O)C(C)(C2=CCCCC2)C1=O.CN1C(=O)N(CC(=O)c2ccccc2)C(=O)C1(C)[C@H]1CC2CCC1CC2.CN1C(=O)N(CC(=O)c2cccnc2)C(=O)C1(C)C1CCCCC1. The van der Waals surface area contributed by atoms with Crippen molar-refractivity contribution in [2.24, 2.45) is 58.7 Å². The Morgan fingerprint density at radius 3 is 0.973 bits per heavy atom. The molecule has 9 heterocycles. The summed E-state index contributed by atoms with van der Waals surface area (Å²) in [6.07, 6.45) is 34.2. The van der Waals surface area contributed by atoms with Crippen molar-refractivity contribution < 1.29 is 91.1 Å². The van der Waals surface area contributed by atoms with Gasteiger partial charge in [0.2, 0.25) is 5.91 Å². The largest absolute Gasteiger partial charge is 0.359 e. The van der Waals surface area contributed by atoms with Crippen molar-refractivity contribution in [2.45, 2.75) is 244 Å². The highest BCUT2D eigenvalue weighted by atomic mass is 16.2. The summed E-state index contributed by atoms with van der Waals surface area (Å²) in [5, 5.41) is 0. The molecule has 13 fully saturated rings. The van der Waals surface area contributed by atoms with E-state index in [1.165, 1.54) is 53.6 Å². The number of aromatic amines is 2. The number of benzene rings is 3. The molecule has 146 heavy (non-hydrogen) atoms. The zero-order valence-corrected chi connectivity index (χ0v) is 86.7. The van der Waals surface area contributed by atoms with Gasteiger partial charge < -0.3 is 34.5 Å². The molecule has 6 aromatic rings. The number of ketones is 6. The number of rotatable bonds is 24. The molecular weight excluding hydrogens is 1860 g/mol. The van der Waals surface area contributed by atoms with E-state index in [0.717, 1.165) is 168 Å². The van der Waals surface area contributed by atoms with E-state index in [2.05, 4.69) is 28.8 Å². The summed E-state index contributed by atoms with van der Waals surface area (Å²) in [5.74, 6) is -1.02. The first-order valence-electron chi connectivity index (χ1n) is 51.8. The van der Waals surface area contributed by atoms with Crippen molar-refractivity contribution in [2.75, 3.05) is 81.6 Å². The fourth-order valence-corrected chi connectivity index (χ4v) is 25.2. The number of imide groups is 7. The molecule has 6 aliphatic heterocycles. The second-order valence-electron chi connectivity index (χ2n) is 42.9. The Balaban J connectivity index is 0.000000139. The molecular formula is C112H141N15O19. The molecule has 778 valence electrons. The van der Waals surface area contributed by atoms with E-state index in [1.54, 1.807) is 186 Å². The third-order valence-electron chi connectivity index (χ3n) is 34.9. The summed E-state index contributed by atoms with van der Waals surface area (Å²) in [4.78, 5) is 266. The van der Waals surface area contributed by atoms with E-state index in [9.17, 15) is 91.1 Å². The molecule has 3 aromatic heterocycles. The Morgan fingerprint density at radius 2 is 0.658 bits per heavy atom. The first-order valence-corrected chi connectivity index (χ1v) is 51.8. The number of allylic oxidation sites excluding steroid dienone is 1. The van der Waals surface area contributed by atoms with Gasteiger partial charge in [-0.2, -0.15) is 0 Å². The molecule has 0 spiro atoms. The van der Waals surface area contributed by atoms with Crippen LogP contribution in [0.1, 0.15) is 278 Å². The van der Waals surface area contributed by atoms with Crippen molar-refractivity contribution >= 4 is 112 Å². The summed E-state index contributed by atoms with van der Waals surface area (Å²) in [5.41, 5.74) is -2.14. The van der Waals surface area contributed by atoms with Gasteiger partial charge in [0, 0.05) is 89.3 Å². The van der Waals surface area contributed by atoms with Gasteiger partial charge in [0.05, 0.1) is 50.7 Å². The van der Waals surface area contributed by atoms with E-state index >= 15 is 0 Å². The van der Waals surface area contributed by atoms with Crippen molar-refractivity contribution in [3.63, 3.8) is 0 Å². The van der Waals surface area contributed by atoms with Crippen LogP contribution in [0.15, 0.2) is 164 Å². The Hall–Kier alpha value is -13.6. The van der Waals surface area contributed by atoms with Crippen molar-refractivity contribution in [1.82, 2.24) is 73.8 Å². The fraction of sp³-hybridized carbons (Fsp3) is 0.536. The number of nitrogens with zero attached hydrogens (tertiary/aromatic N) is 13. The monoisotopic (exact) mass is 2000 g/mol. The Labute approximate surface area is 853 Å². The van der Waals surface area contributed by atoms with E-state index in [0.29, 0.717) is 63.7 Å². The smallest absolute Gasteiger partial charge is 0.333 e. The Kier molecular flexibility index (Phi) is 33.2. The van der Waals surface area contributed by atoms with Gasteiger partial charge in [-0.25, -0.2) is 28.8 Å². The first kappa shape index (κ1) is 108. The van der Waals surface area contributed by atoms with Crippen LogP contribution in [0.3, 0.4) is 0 Å². The Bertz CT molecular complexity index is 5980. The number of amides is 19. The maximum atomic E-state index is 13.3. The number of hydrogen-bond donors (Lipinski definition) is 2. The average Bonchev–Trinajstić information content (AvgIpc) is 1.37. The molecule has 2 bridgehead atoms. The number of Topliss-reactive ketones (excluding diaryl/α,β-unsaturated/α-hetero) is 6. The molecule has 0 radical (unpaired) electrons. The van der Waals surface area contributed by atoms with Crippen molar-refractivity contribution in [3.8, 4) is 0 Å². The molecule has 34 heteroatoms. The molecule has 20 rings (SSSR count). The maximum Gasteiger partial charge on any atom is 0.333 e. The van der Waals surface area contributed by atoms with E-state index < -0.39 is 51.0 Å². The van der Waals surface area contributed by atoms with Crippen LogP contribution in [-0.4, -0.2) is 295 Å². The minimum atomic E-state index is -1.42. The lowest BCUT2D eigenvalue weighted by molar-refractivity contribution is -0.154. The molecule has 3 aromatic carbocycles. The molecule has 7 saturated carbocycles. The van der Waals surface area contributed by atoms with Gasteiger partial charge in [0.1, 0.15) is 33.1 Å². The van der Waals surface area contributed by atoms with E-state index in [4.69, 9.17) is 0 Å². The molecule has 6 saturated heterocycles. The number of likely N-dealkylation sites (N-methyl/N-ethyl adjacent to an activating group) is 5. The van der Waals surface area contributed by atoms with E-state index in [-0.39, 0.29) is 163 Å². The number of H-pyrrole nitrogens is 2. The standard InChI is InChI=1S/C21H26N2O3.C20H22N2O4.C19H24N2O3.C18H23N3O3.2C17H23N3O3/c1-21(17-12-14-8-10-15(17)11-9-14)19(25)23(20(26)22(21)2)13-18(24)16-6-4-3-5-7-16;1-20(15-11-7-4-8-12-15)17(24)21(2)19(26)22(18(20)25)13-16(23)14-9-5-3-6-10-14;1-13-8-7-11-15(13)19(2)17(23)21(18(24)20(19)3)12-16(22)14-9-5-4-6-10-14;1-18(14-8-4-3-5-9-14)16(23)21(17(24)20(18)2)12-15(22)13-7-6-10-19-11-13;1-11-6-4-7-12(11)17(2)15(22)20(16(23)19(17)3)10-14(21)13-8-5-9-18-13;1-17(12-7-4-3-5-8-12)15(22)20(16(23)19(17)2)11-14(21)13-9-6-10-18-13/h3-7,14-15,17H,8-13H2,1-2H3;3,5-6,9-11H,4,7-8,12-13H2,1-2H3;4-6,9-10,13,15H,7-8,11-12H2,1-3H3;6-7,10-11,14H,3-5,8-9,12H2,1-2H3;5,8-9,11-12,18H,4,6-7,10H2,1-3H3;6,9-10,12,18H,3-5,7-8,11H2,1-2H3/t14?,15?,17-,21?;;;;;/m0...../s1. The number of pyridine rings is 1. The second kappa shape index (κ2) is 44.8. The molecule has 11 atom stereocenters. The van der Waals surface area contributed by atoms with Crippen LogP contribution in [0.4, 0.5) is 28.8 Å². The van der Waals surface area contributed by atoms with Crippen LogP contribution >= 0.6 is 0 Å². The van der Waals surface area contributed by atoms with E-state index in [1.807, 2.05) is 52.8 Å². The number of carbonyl (C=O) groups is 19. The lowest BCUT2D eigenvalue weighted by atomic mass is 9.59. The number of nitrogens with one attached hydrogen (secondary N) is 2. The summed E-state index contributed by atoms with van der Waals surface area (Å²) in [7, 11) is 9.77. The number of hydrogen-bond acceptors (Lipinski definition) is 20. The average molecular weight is 2000 g/mol. The highest BCUT2D eigenvalue weighted by molar-refractivity contribution is 6.22. The van der Waals surface area contributed by atoms with Gasteiger partial charge in [0.25, 0.3) is 35.4 Å². The van der Waals surface area contributed by atoms with Crippen LogP contribution in [-0.2, 0) is 33.6 Å². The summed E-state index contributed by atoms with van der Waals surface area (Å²) < 4.78 is 0. The highest BCUT2D eigenvalue weighted by Crippen LogP contribution is 2.54. The van der Waals surface area contributed by atoms with Crippen LogP contribution in [0.2, 0.25) is 0 Å². The summed E-state index contributed by atoms with van der Waals surface area (Å²) in [6, 6.07) is 33.6. The quantitative estimate of drug-likeness (QED) is 0.0246.